The van der Waals surface area contributed by atoms with Gasteiger partial charge in [-0.05, 0) is 86.0 Å². The summed E-state index contributed by atoms with van der Waals surface area (Å²) >= 11 is 9.83. The Labute approximate surface area is 232 Å². The van der Waals surface area contributed by atoms with E-state index >= 15 is 0 Å². The van der Waals surface area contributed by atoms with E-state index in [-0.39, 0.29) is 29.5 Å². The maximum atomic E-state index is 12.0. The summed E-state index contributed by atoms with van der Waals surface area (Å²) in [5.74, 6) is -1.05. The molecule has 37 heavy (non-hydrogen) atoms. The molecule has 4 N–H and O–H groups in total. The summed E-state index contributed by atoms with van der Waals surface area (Å²) in [6, 6.07) is 0. The first-order chi connectivity index (χ1) is 16.9. The van der Waals surface area contributed by atoms with E-state index in [1.807, 2.05) is 0 Å². The predicted octanol–water partition coefficient (Wildman–Crippen LogP) is 3.26. The van der Waals surface area contributed by atoms with E-state index in [0.29, 0.717) is 38.5 Å². The second-order valence-electron chi connectivity index (χ2n) is 14.3. The van der Waals surface area contributed by atoms with E-state index in [0.717, 1.165) is 12.8 Å². The van der Waals surface area contributed by atoms with E-state index < -0.39 is 50.8 Å². The predicted molar refractivity (Wildman–Crippen MR) is 147 cm³/mol. The maximum Gasteiger partial charge on any atom is 0.134 e. The normalized spacial score (nSPS) is 56.8. The molecule has 214 valence electrons. The highest BCUT2D eigenvalue weighted by atomic mass is 32.1. The van der Waals surface area contributed by atoms with Crippen LogP contribution in [0.5, 0.6) is 0 Å². The van der Waals surface area contributed by atoms with Crippen LogP contribution in [-0.2, 0) is 14.2 Å². The highest BCUT2D eigenvalue weighted by molar-refractivity contribution is 7.82. The largest absolute Gasteiger partial charge is 0.390 e. The van der Waals surface area contributed by atoms with Crippen molar-refractivity contribution >= 4 is 25.3 Å². The van der Waals surface area contributed by atoms with Crippen LogP contribution in [0.3, 0.4) is 0 Å². The molecule has 2 aliphatic carbocycles. The van der Waals surface area contributed by atoms with Gasteiger partial charge in [0.1, 0.15) is 4.93 Å². The summed E-state index contributed by atoms with van der Waals surface area (Å²) in [6.45, 7) is 11.9. The van der Waals surface area contributed by atoms with Gasteiger partial charge in [-0.1, -0.05) is 6.92 Å². The minimum atomic E-state index is -1.29. The van der Waals surface area contributed by atoms with Crippen LogP contribution in [-0.4, -0.2) is 83.5 Å². The minimum Gasteiger partial charge on any atom is -0.390 e. The molecule has 0 amide bonds. The van der Waals surface area contributed by atoms with Crippen LogP contribution in [0, 0.1) is 17.3 Å². The fraction of sp³-hybridized carbons (Fsp3) is 1.00. The number of aliphatic hydroxyl groups excluding tert-OH is 3. The first kappa shape index (κ1) is 28.9. The summed E-state index contributed by atoms with van der Waals surface area (Å²) in [4.78, 5) is -0.989. The first-order valence-corrected chi connectivity index (χ1v) is 15.0. The molecule has 0 radical (unpaired) electrons. The summed E-state index contributed by atoms with van der Waals surface area (Å²) in [5.41, 5.74) is -2.59. The summed E-state index contributed by atoms with van der Waals surface area (Å²) < 4.78 is 18.5. The molecule has 0 spiro atoms. The molecule has 2 bridgehead atoms. The zero-order valence-electron chi connectivity index (χ0n) is 23.2. The molecule has 0 aromatic heterocycles. The van der Waals surface area contributed by atoms with Crippen molar-refractivity contribution in [3.8, 4) is 0 Å². The van der Waals surface area contributed by atoms with Gasteiger partial charge >= 0.3 is 0 Å². The van der Waals surface area contributed by atoms with E-state index in [4.69, 9.17) is 26.8 Å². The third kappa shape index (κ3) is 4.37. The molecule has 3 saturated heterocycles. The lowest BCUT2D eigenvalue weighted by molar-refractivity contribution is -0.269. The number of ether oxygens (including phenoxy) is 3. The van der Waals surface area contributed by atoms with Crippen molar-refractivity contribution in [3.63, 3.8) is 0 Å². The van der Waals surface area contributed by atoms with Crippen LogP contribution in [0.1, 0.15) is 92.9 Å². The van der Waals surface area contributed by atoms with E-state index in [1.165, 1.54) is 0 Å². The van der Waals surface area contributed by atoms with Gasteiger partial charge in [0.05, 0.1) is 53.4 Å². The van der Waals surface area contributed by atoms with Gasteiger partial charge in [-0.2, -0.15) is 12.6 Å². The molecule has 0 aromatic rings. The average molecular weight is 561 g/mol. The third-order valence-corrected chi connectivity index (χ3v) is 12.3. The van der Waals surface area contributed by atoms with Gasteiger partial charge in [0.25, 0.3) is 0 Å². The fourth-order valence-corrected chi connectivity index (χ4v) is 10.2. The molecule has 0 unspecified atom stereocenters. The molecule has 13 atom stereocenters. The number of thiol groups is 2. The van der Waals surface area contributed by atoms with Crippen molar-refractivity contribution in [1.82, 2.24) is 0 Å². The van der Waals surface area contributed by atoms with Gasteiger partial charge in [-0.15, -0.1) is 12.6 Å². The van der Waals surface area contributed by atoms with Crippen molar-refractivity contribution in [1.29, 1.82) is 0 Å². The minimum absolute atomic E-state index is 0.0814. The topological polar surface area (TPSA) is 109 Å². The molecular formula is C28H48O7S2. The number of aliphatic hydroxyl groups is 4. The van der Waals surface area contributed by atoms with Gasteiger partial charge in [-0.25, -0.2) is 0 Å². The standard InChI is InChI=1S/C28H48O7S2/c1-23(2)16-9-13-26(5,34-16)18(33-23)8-12-25(4,32)22-20(31)19(30)21-24(3)11-7-15(29)27(6,36)35-17(24)10-14-28(21,22)37/h15-22,29-32,36-37H,7-14H2,1-6H3/t15-,16-,17+,18+,19+,20+,21+,22-,24-,25+,26+,27-,28-/m1/s1. The van der Waals surface area contributed by atoms with Crippen molar-refractivity contribution < 1.29 is 34.6 Å². The Morgan fingerprint density at radius 1 is 0.838 bits per heavy atom. The molecule has 9 heteroatoms. The van der Waals surface area contributed by atoms with Gasteiger partial charge in [0, 0.05) is 22.0 Å². The maximum absolute atomic E-state index is 12.0. The van der Waals surface area contributed by atoms with E-state index in [2.05, 4.69) is 40.3 Å². The quantitative estimate of drug-likeness (QED) is 0.293. The molecule has 2 saturated carbocycles. The Kier molecular flexibility index (Phi) is 7.00. The molecule has 5 rings (SSSR count). The highest BCUT2D eigenvalue weighted by Crippen LogP contribution is 2.65. The van der Waals surface area contributed by atoms with Crippen LogP contribution < -0.4 is 0 Å². The molecule has 5 aliphatic rings. The molecule has 3 heterocycles. The van der Waals surface area contributed by atoms with Crippen LogP contribution in [0.15, 0.2) is 0 Å². The number of rotatable bonds is 4. The summed E-state index contributed by atoms with van der Waals surface area (Å²) in [6.07, 6.45) is 1.92. The Morgan fingerprint density at radius 2 is 1.49 bits per heavy atom. The lowest BCUT2D eigenvalue weighted by atomic mass is 9.57. The Hall–Kier alpha value is 0.420. The van der Waals surface area contributed by atoms with Crippen molar-refractivity contribution in [2.75, 3.05) is 0 Å². The fourth-order valence-electron chi connectivity index (χ4n) is 8.94. The van der Waals surface area contributed by atoms with Crippen LogP contribution in [0.4, 0.5) is 0 Å². The smallest absolute Gasteiger partial charge is 0.134 e. The van der Waals surface area contributed by atoms with Crippen molar-refractivity contribution in [3.05, 3.63) is 0 Å². The van der Waals surface area contributed by atoms with E-state index in [9.17, 15) is 20.4 Å². The van der Waals surface area contributed by atoms with Crippen LogP contribution >= 0.6 is 25.3 Å². The van der Waals surface area contributed by atoms with Gasteiger partial charge in [0.15, 0.2) is 0 Å². The molecule has 7 nitrogen and oxygen atoms in total. The first-order valence-electron chi connectivity index (χ1n) is 14.1. The lowest BCUT2D eigenvalue weighted by Crippen LogP contribution is -2.59. The van der Waals surface area contributed by atoms with Crippen molar-refractivity contribution in [2.45, 2.75) is 156 Å². The van der Waals surface area contributed by atoms with Gasteiger partial charge in [-0.3, -0.25) is 0 Å². The van der Waals surface area contributed by atoms with Crippen LogP contribution in [0.2, 0.25) is 0 Å². The third-order valence-electron chi connectivity index (χ3n) is 11.1. The molecule has 3 aliphatic heterocycles. The highest BCUT2D eigenvalue weighted by Gasteiger charge is 2.71. The van der Waals surface area contributed by atoms with Crippen LogP contribution in [0.25, 0.3) is 0 Å². The Balaban J connectivity index is 1.40. The SMILES string of the molecule is CC1(C)O[C@@H](CC[C@](C)(O)[C@H]2[C@@H](O)[C@H](O)[C@H]3[C@]4(C)CC[C@@H](O)[C@@](C)(S)O[C@H]4CC[C@@]32S)[C@]2(C)CC[C@H]1O2. The summed E-state index contributed by atoms with van der Waals surface area (Å²) in [7, 11) is 0. The second-order valence-corrected chi connectivity index (χ2v) is 16.0. The van der Waals surface area contributed by atoms with Gasteiger partial charge in [0.2, 0.25) is 0 Å². The summed E-state index contributed by atoms with van der Waals surface area (Å²) in [5, 5.41) is 45.6. The molecule has 0 aromatic carbocycles. The van der Waals surface area contributed by atoms with Gasteiger partial charge < -0.3 is 34.6 Å². The Bertz CT molecular complexity index is 898. The van der Waals surface area contributed by atoms with Crippen molar-refractivity contribution in [2.24, 2.45) is 17.3 Å². The zero-order valence-corrected chi connectivity index (χ0v) is 25.0. The second kappa shape index (κ2) is 8.96. The van der Waals surface area contributed by atoms with E-state index in [1.54, 1.807) is 13.8 Å². The zero-order chi connectivity index (χ0) is 27.4. The number of hydrogen-bond acceptors (Lipinski definition) is 9. The Morgan fingerprint density at radius 3 is 2.16 bits per heavy atom. The number of hydrogen-bond donors (Lipinski definition) is 6. The average Bonchev–Trinajstić information content (AvgIpc) is 3.23. The monoisotopic (exact) mass is 560 g/mol. The number of fused-ring (bicyclic) bond motifs is 5. The molecular weight excluding hydrogens is 512 g/mol. The lowest BCUT2D eigenvalue weighted by Gasteiger charge is -2.56. The molecule has 5 fully saturated rings.